The summed E-state index contributed by atoms with van der Waals surface area (Å²) in [6.07, 6.45) is 5.48. The van der Waals surface area contributed by atoms with Crippen LogP contribution in [0.15, 0.2) is 29.4 Å². The van der Waals surface area contributed by atoms with Crippen molar-refractivity contribution in [3.05, 3.63) is 35.4 Å². The second-order valence-electron chi connectivity index (χ2n) is 4.97. The summed E-state index contributed by atoms with van der Waals surface area (Å²) in [5.41, 5.74) is 7.50. The topological polar surface area (TPSA) is 70.6 Å². The van der Waals surface area contributed by atoms with Gasteiger partial charge in [-0.1, -0.05) is 36.2 Å². The highest BCUT2D eigenvalue weighted by atomic mass is 16.4. The van der Waals surface area contributed by atoms with Gasteiger partial charge < -0.3 is 16.3 Å². The van der Waals surface area contributed by atoms with Gasteiger partial charge in [0.25, 0.3) is 0 Å². The zero-order valence-electron chi connectivity index (χ0n) is 10.6. The third-order valence-electron chi connectivity index (χ3n) is 3.57. The zero-order chi connectivity index (χ0) is 12.8. The summed E-state index contributed by atoms with van der Waals surface area (Å²) in [5, 5.41) is 15.1. The summed E-state index contributed by atoms with van der Waals surface area (Å²) in [4.78, 5) is 0. The molecular weight excluding hydrogens is 226 g/mol. The summed E-state index contributed by atoms with van der Waals surface area (Å²) in [6.45, 7) is 1.93. The van der Waals surface area contributed by atoms with Gasteiger partial charge in [-0.05, 0) is 36.9 Å². The van der Waals surface area contributed by atoms with E-state index in [-0.39, 0.29) is 5.84 Å². The molecule has 4 heteroatoms. The molecule has 0 aromatic heterocycles. The molecule has 4 nitrogen and oxygen atoms in total. The van der Waals surface area contributed by atoms with Gasteiger partial charge in [-0.2, -0.15) is 0 Å². The summed E-state index contributed by atoms with van der Waals surface area (Å²) in [6, 6.07) is 7.78. The van der Waals surface area contributed by atoms with E-state index in [1.165, 1.54) is 25.7 Å². The van der Waals surface area contributed by atoms with Gasteiger partial charge in [-0.15, -0.1) is 0 Å². The lowest BCUT2D eigenvalue weighted by molar-refractivity contribution is 0.318. The Bertz CT molecular complexity index is 411. The molecule has 1 saturated carbocycles. The molecule has 1 fully saturated rings. The average molecular weight is 247 g/mol. The van der Waals surface area contributed by atoms with E-state index in [9.17, 15) is 0 Å². The molecule has 0 aliphatic heterocycles. The minimum absolute atomic E-state index is 0.160. The number of hydrogen-bond acceptors (Lipinski definition) is 3. The normalized spacial score (nSPS) is 17.2. The maximum Gasteiger partial charge on any atom is 0.170 e. The van der Waals surface area contributed by atoms with Crippen molar-refractivity contribution in [2.24, 2.45) is 16.8 Å². The fraction of sp³-hybridized carbons (Fsp3) is 0.500. The molecule has 0 radical (unpaired) electrons. The fourth-order valence-corrected chi connectivity index (χ4v) is 2.53. The Morgan fingerprint density at radius 3 is 2.89 bits per heavy atom. The van der Waals surface area contributed by atoms with Crippen LogP contribution in [0.4, 0.5) is 0 Å². The summed E-state index contributed by atoms with van der Waals surface area (Å²) in [7, 11) is 0. The molecule has 0 spiro atoms. The first-order valence-corrected chi connectivity index (χ1v) is 6.57. The fourth-order valence-electron chi connectivity index (χ4n) is 2.53. The molecule has 98 valence electrons. The molecule has 0 heterocycles. The lowest BCUT2D eigenvalue weighted by Crippen LogP contribution is -2.21. The highest BCUT2D eigenvalue weighted by Gasteiger charge is 2.13. The van der Waals surface area contributed by atoms with Gasteiger partial charge in [-0.25, -0.2) is 0 Å². The number of nitrogens with zero attached hydrogens (tertiary/aromatic N) is 1. The third kappa shape index (κ3) is 3.47. The van der Waals surface area contributed by atoms with Crippen molar-refractivity contribution in [3.63, 3.8) is 0 Å². The lowest BCUT2D eigenvalue weighted by Gasteiger charge is -2.11. The van der Waals surface area contributed by atoms with E-state index >= 15 is 0 Å². The van der Waals surface area contributed by atoms with Crippen LogP contribution in [0.5, 0.6) is 0 Å². The molecule has 0 amide bonds. The number of benzene rings is 1. The van der Waals surface area contributed by atoms with Crippen LogP contribution in [0.25, 0.3) is 0 Å². The first-order chi connectivity index (χ1) is 8.79. The minimum atomic E-state index is 0.160. The van der Waals surface area contributed by atoms with Crippen LogP contribution in [0.2, 0.25) is 0 Å². The van der Waals surface area contributed by atoms with E-state index in [4.69, 9.17) is 10.9 Å². The van der Waals surface area contributed by atoms with Crippen LogP contribution in [0, 0.1) is 5.92 Å². The van der Waals surface area contributed by atoms with Crippen molar-refractivity contribution in [1.82, 2.24) is 5.32 Å². The number of nitrogens with one attached hydrogen (secondary N) is 1. The second kappa shape index (κ2) is 6.40. The lowest BCUT2D eigenvalue weighted by atomic mass is 10.1. The second-order valence-corrected chi connectivity index (χ2v) is 4.97. The maximum absolute atomic E-state index is 8.65. The number of nitrogens with two attached hydrogens (primary N) is 1. The Balaban J connectivity index is 1.85. The van der Waals surface area contributed by atoms with E-state index in [0.717, 1.165) is 30.1 Å². The van der Waals surface area contributed by atoms with Gasteiger partial charge in [0.2, 0.25) is 0 Å². The predicted molar refractivity (Wildman–Crippen MR) is 72.6 cm³/mol. The molecule has 2 rings (SSSR count). The Hall–Kier alpha value is -1.55. The van der Waals surface area contributed by atoms with Crippen LogP contribution in [-0.2, 0) is 6.54 Å². The largest absolute Gasteiger partial charge is 0.409 e. The Morgan fingerprint density at radius 1 is 1.39 bits per heavy atom. The van der Waals surface area contributed by atoms with Crippen LogP contribution in [0.1, 0.15) is 36.8 Å². The Labute approximate surface area is 108 Å². The summed E-state index contributed by atoms with van der Waals surface area (Å²) < 4.78 is 0. The highest BCUT2D eigenvalue weighted by Crippen LogP contribution is 2.23. The van der Waals surface area contributed by atoms with Gasteiger partial charge in [0.15, 0.2) is 5.84 Å². The number of amidine groups is 1. The Morgan fingerprint density at radius 2 is 2.17 bits per heavy atom. The quantitative estimate of drug-likeness (QED) is 0.323. The van der Waals surface area contributed by atoms with Crippen LogP contribution in [-0.4, -0.2) is 17.6 Å². The Kier molecular flexibility index (Phi) is 4.59. The minimum Gasteiger partial charge on any atom is -0.409 e. The van der Waals surface area contributed by atoms with Gasteiger partial charge >= 0.3 is 0 Å². The molecule has 4 N–H and O–H groups in total. The van der Waals surface area contributed by atoms with Crippen molar-refractivity contribution in [2.45, 2.75) is 32.2 Å². The first kappa shape index (κ1) is 12.9. The van der Waals surface area contributed by atoms with Gasteiger partial charge in [-0.3, -0.25) is 0 Å². The highest BCUT2D eigenvalue weighted by molar-refractivity contribution is 5.97. The molecule has 0 unspecified atom stereocenters. The van der Waals surface area contributed by atoms with Crippen molar-refractivity contribution in [3.8, 4) is 0 Å². The number of hydrogen-bond donors (Lipinski definition) is 3. The van der Waals surface area contributed by atoms with E-state index in [1.807, 2.05) is 18.2 Å². The van der Waals surface area contributed by atoms with Gasteiger partial charge in [0, 0.05) is 12.1 Å². The predicted octanol–water partition coefficient (Wildman–Crippen LogP) is 2.06. The smallest absolute Gasteiger partial charge is 0.170 e. The standard InChI is InChI=1S/C14H21N3O/c15-14(17-18)13-7-3-6-12(8-13)10-16-9-11-4-1-2-5-11/h3,6-8,11,16,18H,1-2,4-5,9-10H2,(H2,15,17). The SMILES string of the molecule is NC(=NO)c1cccc(CNCC2CCCC2)c1. The van der Waals surface area contributed by atoms with Crippen molar-refractivity contribution < 1.29 is 5.21 Å². The molecule has 1 aromatic carbocycles. The van der Waals surface area contributed by atoms with E-state index in [2.05, 4.69) is 16.5 Å². The maximum atomic E-state index is 8.65. The van der Waals surface area contributed by atoms with E-state index in [0.29, 0.717) is 0 Å². The zero-order valence-corrected chi connectivity index (χ0v) is 10.6. The third-order valence-corrected chi connectivity index (χ3v) is 3.57. The molecule has 18 heavy (non-hydrogen) atoms. The van der Waals surface area contributed by atoms with Gasteiger partial charge in [0.05, 0.1) is 0 Å². The number of oxime groups is 1. The molecular formula is C14H21N3O. The molecule has 1 aliphatic carbocycles. The van der Waals surface area contributed by atoms with Crippen molar-refractivity contribution >= 4 is 5.84 Å². The summed E-state index contributed by atoms with van der Waals surface area (Å²) >= 11 is 0. The van der Waals surface area contributed by atoms with Crippen molar-refractivity contribution in [2.75, 3.05) is 6.54 Å². The molecule has 1 aromatic rings. The number of rotatable bonds is 5. The van der Waals surface area contributed by atoms with Crippen LogP contribution < -0.4 is 11.1 Å². The van der Waals surface area contributed by atoms with Crippen LogP contribution in [0.3, 0.4) is 0 Å². The van der Waals surface area contributed by atoms with Crippen LogP contribution >= 0.6 is 0 Å². The molecule has 0 saturated heterocycles. The summed E-state index contributed by atoms with van der Waals surface area (Å²) in [5.74, 6) is 1.00. The first-order valence-electron chi connectivity index (χ1n) is 6.57. The van der Waals surface area contributed by atoms with E-state index in [1.54, 1.807) is 0 Å². The molecule has 1 aliphatic rings. The average Bonchev–Trinajstić information content (AvgIpc) is 2.91. The van der Waals surface area contributed by atoms with Crippen molar-refractivity contribution in [1.29, 1.82) is 0 Å². The van der Waals surface area contributed by atoms with E-state index < -0.39 is 0 Å². The molecule has 0 atom stereocenters. The monoisotopic (exact) mass is 247 g/mol. The molecule has 0 bridgehead atoms. The van der Waals surface area contributed by atoms with Gasteiger partial charge in [0.1, 0.15) is 0 Å².